The van der Waals surface area contributed by atoms with Crippen LogP contribution in [-0.2, 0) is 4.74 Å². The fourth-order valence-electron chi connectivity index (χ4n) is 1.94. The fourth-order valence-corrected chi connectivity index (χ4v) is 1.94. The lowest BCUT2D eigenvalue weighted by molar-refractivity contribution is 0.0737. The highest BCUT2D eigenvalue weighted by Crippen LogP contribution is 2.07. The lowest BCUT2D eigenvalue weighted by Crippen LogP contribution is -2.50. The Balaban J connectivity index is 1.73. The summed E-state index contributed by atoms with van der Waals surface area (Å²) in [6.45, 7) is 3.64. The van der Waals surface area contributed by atoms with Gasteiger partial charge in [0.25, 0.3) is 0 Å². The van der Waals surface area contributed by atoms with Crippen molar-refractivity contribution in [2.75, 3.05) is 39.3 Å². The van der Waals surface area contributed by atoms with Crippen molar-refractivity contribution >= 4 is 12.2 Å². The summed E-state index contributed by atoms with van der Waals surface area (Å²) in [5.74, 6) is 0. The average molecular weight is 229 g/mol. The Morgan fingerprint density at radius 3 is 2.62 bits per heavy atom. The smallest absolute Gasteiger partial charge is 0.407 e. The number of ether oxygens (including phenoxy) is 1. The van der Waals surface area contributed by atoms with Crippen molar-refractivity contribution in [1.82, 2.24) is 15.1 Å². The van der Waals surface area contributed by atoms with E-state index in [1.165, 1.54) is 4.90 Å². The second kappa shape index (κ2) is 4.56. The van der Waals surface area contributed by atoms with Crippen molar-refractivity contribution in [3.05, 3.63) is 0 Å². The van der Waals surface area contributed by atoms with Crippen molar-refractivity contribution < 1.29 is 19.4 Å². The third-order valence-electron chi connectivity index (χ3n) is 2.85. The summed E-state index contributed by atoms with van der Waals surface area (Å²) in [5, 5.41) is 11.4. The summed E-state index contributed by atoms with van der Waals surface area (Å²) in [6.07, 6.45) is -1.34. The zero-order chi connectivity index (χ0) is 11.5. The van der Waals surface area contributed by atoms with Crippen LogP contribution in [0.15, 0.2) is 0 Å². The molecule has 1 unspecified atom stereocenters. The summed E-state index contributed by atoms with van der Waals surface area (Å²) in [4.78, 5) is 25.0. The van der Waals surface area contributed by atoms with E-state index in [0.717, 1.165) is 0 Å². The molecule has 0 aromatic rings. The van der Waals surface area contributed by atoms with Crippen LogP contribution in [0.1, 0.15) is 0 Å². The van der Waals surface area contributed by atoms with Gasteiger partial charge in [0.2, 0.25) is 0 Å². The van der Waals surface area contributed by atoms with Gasteiger partial charge in [-0.2, -0.15) is 0 Å². The molecule has 2 saturated heterocycles. The van der Waals surface area contributed by atoms with Gasteiger partial charge in [-0.05, 0) is 0 Å². The molecule has 7 heteroatoms. The molecule has 2 N–H and O–H groups in total. The quantitative estimate of drug-likeness (QED) is 0.660. The molecule has 2 heterocycles. The number of piperazine rings is 1. The Morgan fingerprint density at radius 1 is 1.44 bits per heavy atom. The number of alkyl carbamates (subject to hydrolysis) is 1. The third-order valence-corrected chi connectivity index (χ3v) is 2.85. The van der Waals surface area contributed by atoms with Crippen molar-refractivity contribution in [1.29, 1.82) is 0 Å². The zero-order valence-corrected chi connectivity index (χ0v) is 8.89. The van der Waals surface area contributed by atoms with Crippen LogP contribution in [0.25, 0.3) is 0 Å². The van der Waals surface area contributed by atoms with Crippen LogP contribution in [0.4, 0.5) is 9.59 Å². The summed E-state index contributed by atoms with van der Waals surface area (Å²) in [5.41, 5.74) is 0. The first-order chi connectivity index (χ1) is 7.65. The maximum absolute atomic E-state index is 10.8. The van der Waals surface area contributed by atoms with Gasteiger partial charge in [-0.1, -0.05) is 0 Å². The number of hydrogen-bond donors (Lipinski definition) is 2. The molecule has 0 aliphatic carbocycles. The molecule has 0 aromatic heterocycles. The Morgan fingerprint density at radius 2 is 2.12 bits per heavy atom. The lowest BCUT2D eigenvalue weighted by atomic mass is 10.2. The van der Waals surface area contributed by atoms with Crippen LogP contribution in [0.3, 0.4) is 0 Å². The molecule has 0 saturated carbocycles. The molecule has 0 aromatic carbocycles. The fraction of sp³-hybridized carbons (Fsp3) is 0.778. The Kier molecular flexibility index (Phi) is 3.14. The largest absolute Gasteiger partial charge is 0.465 e. The van der Waals surface area contributed by atoms with Gasteiger partial charge in [0, 0.05) is 32.7 Å². The molecular weight excluding hydrogens is 214 g/mol. The molecule has 0 bridgehead atoms. The van der Waals surface area contributed by atoms with Crippen molar-refractivity contribution in [2.24, 2.45) is 0 Å². The van der Waals surface area contributed by atoms with E-state index in [4.69, 9.17) is 9.84 Å². The summed E-state index contributed by atoms with van der Waals surface area (Å²) >= 11 is 0. The SMILES string of the molecule is O=C1NCC(CN2CCN(C(=O)O)CC2)O1. The highest BCUT2D eigenvalue weighted by molar-refractivity contribution is 5.69. The van der Waals surface area contributed by atoms with Gasteiger partial charge in [-0.25, -0.2) is 9.59 Å². The normalized spacial score (nSPS) is 26.4. The molecule has 2 aliphatic heterocycles. The van der Waals surface area contributed by atoms with Gasteiger partial charge in [-0.15, -0.1) is 0 Å². The predicted molar refractivity (Wildman–Crippen MR) is 54.3 cm³/mol. The van der Waals surface area contributed by atoms with Crippen LogP contribution in [0, 0.1) is 0 Å². The molecule has 2 fully saturated rings. The van der Waals surface area contributed by atoms with Crippen molar-refractivity contribution in [3.8, 4) is 0 Å². The molecule has 2 amide bonds. The third kappa shape index (κ3) is 2.54. The summed E-state index contributed by atoms with van der Waals surface area (Å²) in [6, 6.07) is 0. The number of amides is 2. The van der Waals surface area contributed by atoms with Gasteiger partial charge in [0.05, 0.1) is 6.54 Å². The van der Waals surface area contributed by atoms with E-state index in [0.29, 0.717) is 39.3 Å². The number of nitrogens with zero attached hydrogens (tertiary/aromatic N) is 2. The van der Waals surface area contributed by atoms with Gasteiger partial charge < -0.3 is 20.1 Å². The Labute approximate surface area is 92.9 Å². The molecule has 2 rings (SSSR count). The topological polar surface area (TPSA) is 82.1 Å². The standard InChI is InChI=1S/C9H15N3O4/c13-8-10-5-7(16-8)6-11-1-3-12(4-2-11)9(14)15/h7H,1-6H2,(H,10,13)(H,14,15). The first-order valence-electron chi connectivity index (χ1n) is 5.30. The minimum atomic E-state index is -0.867. The summed E-state index contributed by atoms with van der Waals surface area (Å²) < 4.78 is 5.02. The van der Waals surface area contributed by atoms with E-state index in [2.05, 4.69) is 10.2 Å². The van der Waals surface area contributed by atoms with Crippen LogP contribution < -0.4 is 5.32 Å². The number of carbonyl (C=O) groups is 2. The molecule has 2 aliphatic rings. The molecular formula is C9H15N3O4. The number of hydrogen-bond acceptors (Lipinski definition) is 4. The van der Waals surface area contributed by atoms with Crippen LogP contribution in [0.5, 0.6) is 0 Å². The number of cyclic esters (lactones) is 1. The first-order valence-corrected chi connectivity index (χ1v) is 5.30. The van der Waals surface area contributed by atoms with E-state index < -0.39 is 6.09 Å². The molecule has 7 nitrogen and oxygen atoms in total. The Hall–Kier alpha value is -1.50. The second-order valence-corrected chi connectivity index (χ2v) is 3.98. The average Bonchev–Trinajstić information content (AvgIpc) is 2.65. The number of rotatable bonds is 2. The lowest BCUT2D eigenvalue weighted by Gasteiger charge is -2.33. The highest BCUT2D eigenvalue weighted by atomic mass is 16.6. The number of nitrogens with one attached hydrogen (secondary N) is 1. The van der Waals surface area contributed by atoms with E-state index in [1.807, 2.05) is 0 Å². The van der Waals surface area contributed by atoms with E-state index in [1.54, 1.807) is 0 Å². The molecule has 90 valence electrons. The highest BCUT2D eigenvalue weighted by Gasteiger charge is 2.27. The second-order valence-electron chi connectivity index (χ2n) is 3.98. The van der Waals surface area contributed by atoms with Gasteiger partial charge in [-0.3, -0.25) is 4.90 Å². The van der Waals surface area contributed by atoms with Gasteiger partial charge in [0.15, 0.2) is 0 Å². The van der Waals surface area contributed by atoms with Gasteiger partial charge in [0.1, 0.15) is 6.10 Å². The monoisotopic (exact) mass is 229 g/mol. The predicted octanol–water partition coefficient (Wildman–Crippen LogP) is -0.610. The van der Waals surface area contributed by atoms with E-state index in [-0.39, 0.29) is 12.2 Å². The van der Waals surface area contributed by atoms with E-state index in [9.17, 15) is 9.59 Å². The van der Waals surface area contributed by atoms with E-state index >= 15 is 0 Å². The molecule has 0 spiro atoms. The van der Waals surface area contributed by atoms with Crippen molar-refractivity contribution in [3.63, 3.8) is 0 Å². The molecule has 0 radical (unpaired) electrons. The first kappa shape index (κ1) is 11.0. The van der Waals surface area contributed by atoms with Crippen LogP contribution in [0.2, 0.25) is 0 Å². The molecule has 16 heavy (non-hydrogen) atoms. The van der Waals surface area contributed by atoms with Gasteiger partial charge >= 0.3 is 12.2 Å². The molecule has 1 atom stereocenters. The maximum atomic E-state index is 10.8. The number of carbonyl (C=O) groups excluding carboxylic acids is 1. The minimum absolute atomic E-state index is 0.108. The van der Waals surface area contributed by atoms with Crippen molar-refractivity contribution in [2.45, 2.75) is 6.10 Å². The maximum Gasteiger partial charge on any atom is 0.407 e. The number of carboxylic acid groups (broad SMARTS) is 1. The van der Waals surface area contributed by atoms with Crippen LogP contribution >= 0.6 is 0 Å². The van der Waals surface area contributed by atoms with Crippen LogP contribution in [-0.4, -0.2) is 72.5 Å². The zero-order valence-electron chi connectivity index (χ0n) is 8.89. The Bertz CT molecular complexity index is 288. The minimum Gasteiger partial charge on any atom is -0.465 e. The summed E-state index contributed by atoms with van der Waals surface area (Å²) in [7, 11) is 0.